The number of halogens is 2. The van der Waals surface area contributed by atoms with Crippen LogP contribution in [0.4, 0.5) is 14.6 Å². The summed E-state index contributed by atoms with van der Waals surface area (Å²) in [6.45, 7) is 2.24. The fourth-order valence-electron chi connectivity index (χ4n) is 2.65. The Kier molecular flexibility index (Phi) is 4.86. The van der Waals surface area contributed by atoms with E-state index in [9.17, 15) is 13.6 Å². The molecule has 1 saturated heterocycles. The summed E-state index contributed by atoms with van der Waals surface area (Å²) in [6, 6.07) is 5.13. The summed E-state index contributed by atoms with van der Waals surface area (Å²) in [5.41, 5.74) is 0.538. The SMILES string of the molecule is Cc1cc(NC(=O)CN[C@@H]2CCO[C@@H]2c2ccc(F)c(F)c2)no1. The second-order valence-electron chi connectivity index (χ2n) is 5.61. The van der Waals surface area contributed by atoms with Crippen molar-refractivity contribution in [3.8, 4) is 0 Å². The maximum absolute atomic E-state index is 13.4. The van der Waals surface area contributed by atoms with Crippen LogP contribution >= 0.6 is 0 Å². The van der Waals surface area contributed by atoms with Gasteiger partial charge in [0.1, 0.15) is 5.76 Å². The van der Waals surface area contributed by atoms with Crippen molar-refractivity contribution in [1.82, 2.24) is 10.5 Å². The van der Waals surface area contributed by atoms with Gasteiger partial charge in [-0.2, -0.15) is 0 Å². The van der Waals surface area contributed by atoms with Crippen molar-refractivity contribution in [3.63, 3.8) is 0 Å². The zero-order valence-corrected chi connectivity index (χ0v) is 13.0. The molecule has 2 N–H and O–H groups in total. The summed E-state index contributed by atoms with van der Waals surface area (Å²) in [6.07, 6.45) is 0.238. The molecule has 1 aromatic heterocycles. The molecule has 0 aliphatic carbocycles. The number of amides is 1. The van der Waals surface area contributed by atoms with Gasteiger partial charge in [0, 0.05) is 18.7 Å². The number of ether oxygens (including phenoxy) is 1. The molecule has 1 aliphatic heterocycles. The van der Waals surface area contributed by atoms with E-state index in [4.69, 9.17) is 9.26 Å². The highest BCUT2D eigenvalue weighted by Gasteiger charge is 2.30. The Labute approximate surface area is 137 Å². The van der Waals surface area contributed by atoms with Crippen molar-refractivity contribution in [2.75, 3.05) is 18.5 Å². The van der Waals surface area contributed by atoms with E-state index in [0.717, 1.165) is 12.1 Å². The predicted molar refractivity (Wildman–Crippen MR) is 81.3 cm³/mol. The van der Waals surface area contributed by atoms with Gasteiger partial charge in [0.15, 0.2) is 17.5 Å². The number of carbonyl (C=O) groups excluding carboxylic acids is 1. The summed E-state index contributed by atoms with van der Waals surface area (Å²) in [5.74, 6) is -1.15. The lowest BCUT2D eigenvalue weighted by Crippen LogP contribution is -2.37. The molecule has 0 saturated carbocycles. The average Bonchev–Trinajstić information content (AvgIpc) is 3.17. The highest BCUT2D eigenvalue weighted by molar-refractivity contribution is 5.91. The summed E-state index contributed by atoms with van der Waals surface area (Å²) in [7, 11) is 0. The first kappa shape index (κ1) is 16.5. The Morgan fingerprint density at radius 2 is 2.17 bits per heavy atom. The van der Waals surface area contributed by atoms with E-state index >= 15 is 0 Å². The Morgan fingerprint density at radius 1 is 1.33 bits per heavy atom. The third-order valence-electron chi connectivity index (χ3n) is 3.78. The Balaban J connectivity index is 1.57. The molecule has 1 amide bonds. The third kappa shape index (κ3) is 3.77. The van der Waals surface area contributed by atoms with Crippen LogP contribution in [-0.2, 0) is 9.53 Å². The van der Waals surface area contributed by atoms with Crippen molar-refractivity contribution in [3.05, 3.63) is 47.2 Å². The molecule has 8 heteroatoms. The molecule has 2 heterocycles. The molecule has 0 bridgehead atoms. The molecule has 128 valence electrons. The number of rotatable bonds is 5. The standard InChI is InChI=1S/C16H17F2N3O3/c1-9-6-14(21-24-9)20-15(22)8-19-13-4-5-23-16(13)10-2-3-11(17)12(18)7-10/h2-3,6-7,13,16,19H,4-5,8H2,1H3,(H,20,21,22)/t13-,16-/m1/s1. The molecule has 2 aromatic rings. The number of benzene rings is 1. The summed E-state index contributed by atoms with van der Waals surface area (Å²) >= 11 is 0. The van der Waals surface area contributed by atoms with E-state index < -0.39 is 17.7 Å². The Morgan fingerprint density at radius 3 is 2.88 bits per heavy atom. The smallest absolute Gasteiger partial charge is 0.239 e. The van der Waals surface area contributed by atoms with Crippen molar-refractivity contribution in [2.24, 2.45) is 0 Å². The van der Waals surface area contributed by atoms with E-state index in [1.54, 1.807) is 13.0 Å². The average molecular weight is 337 g/mol. The summed E-state index contributed by atoms with van der Waals surface area (Å²) in [4.78, 5) is 11.9. The highest BCUT2D eigenvalue weighted by Crippen LogP contribution is 2.29. The van der Waals surface area contributed by atoms with Crippen LogP contribution in [-0.4, -0.2) is 30.3 Å². The van der Waals surface area contributed by atoms with Gasteiger partial charge in [0.2, 0.25) is 5.91 Å². The van der Waals surface area contributed by atoms with Gasteiger partial charge in [0.05, 0.1) is 12.6 Å². The molecular weight excluding hydrogens is 320 g/mol. The van der Waals surface area contributed by atoms with Gasteiger partial charge < -0.3 is 19.9 Å². The summed E-state index contributed by atoms with van der Waals surface area (Å²) in [5, 5.41) is 9.36. The lowest BCUT2D eigenvalue weighted by molar-refractivity contribution is -0.115. The van der Waals surface area contributed by atoms with Gasteiger partial charge in [-0.15, -0.1) is 0 Å². The van der Waals surface area contributed by atoms with Gasteiger partial charge >= 0.3 is 0 Å². The first-order valence-corrected chi connectivity index (χ1v) is 7.56. The number of nitrogens with zero attached hydrogens (tertiary/aromatic N) is 1. The number of hydrogen-bond acceptors (Lipinski definition) is 5. The molecule has 3 rings (SSSR count). The second-order valence-corrected chi connectivity index (χ2v) is 5.61. The molecule has 1 aliphatic rings. The minimum absolute atomic E-state index is 0.0418. The predicted octanol–water partition coefficient (Wildman–Crippen LogP) is 2.32. The van der Waals surface area contributed by atoms with Crippen molar-refractivity contribution >= 4 is 11.7 Å². The quantitative estimate of drug-likeness (QED) is 0.876. The number of aromatic nitrogens is 1. The van der Waals surface area contributed by atoms with Crippen LogP contribution < -0.4 is 10.6 Å². The van der Waals surface area contributed by atoms with Crippen LogP contribution in [0.15, 0.2) is 28.8 Å². The van der Waals surface area contributed by atoms with E-state index in [1.165, 1.54) is 6.07 Å². The third-order valence-corrected chi connectivity index (χ3v) is 3.78. The number of hydrogen-bond donors (Lipinski definition) is 2. The van der Waals surface area contributed by atoms with E-state index in [0.29, 0.717) is 30.2 Å². The van der Waals surface area contributed by atoms with Crippen LogP contribution in [0.1, 0.15) is 23.8 Å². The van der Waals surface area contributed by atoms with Gasteiger partial charge in [0.25, 0.3) is 0 Å². The van der Waals surface area contributed by atoms with Crippen molar-refractivity contribution in [1.29, 1.82) is 0 Å². The van der Waals surface area contributed by atoms with Gasteiger partial charge in [-0.3, -0.25) is 4.79 Å². The van der Waals surface area contributed by atoms with Crippen LogP contribution in [0.25, 0.3) is 0 Å². The monoisotopic (exact) mass is 337 g/mol. The molecule has 1 aromatic carbocycles. The number of carbonyl (C=O) groups is 1. The molecular formula is C16H17F2N3O3. The Hall–Kier alpha value is -2.32. The number of anilines is 1. The molecule has 0 radical (unpaired) electrons. The fourth-order valence-corrected chi connectivity index (χ4v) is 2.65. The van der Waals surface area contributed by atoms with Crippen molar-refractivity contribution < 1.29 is 22.8 Å². The highest BCUT2D eigenvalue weighted by atomic mass is 19.2. The normalized spacial score (nSPS) is 20.3. The Bertz CT molecular complexity index is 735. The maximum Gasteiger partial charge on any atom is 0.239 e. The zero-order chi connectivity index (χ0) is 17.1. The van der Waals surface area contributed by atoms with Gasteiger partial charge in [-0.25, -0.2) is 8.78 Å². The topological polar surface area (TPSA) is 76.4 Å². The maximum atomic E-state index is 13.4. The van der Waals surface area contributed by atoms with Crippen LogP contribution in [0, 0.1) is 18.6 Å². The van der Waals surface area contributed by atoms with Crippen molar-refractivity contribution in [2.45, 2.75) is 25.5 Å². The largest absolute Gasteiger partial charge is 0.372 e. The first-order chi connectivity index (χ1) is 11.5. The zero-order valence-electron chi connectivity index (χ0n) is 13.0. The minimum Gasteiger partial charge on any atom is -0.372 e. The molecule has 6 nitrogen and oxygen atoms in total. The van der Waals surface area contributed by atoms with E-state index in [-0.39, 0.29) is 18.5 Å². The van der Waals surface area contributed by atoms with Crippen LogP contribution in [0.5, 0.6) is 0 Å². The van der Waals surface area contributed by atoms with Gasteiger partial charge in [-0.1, -0.05) is 11.2 Å². The second kappa shape index (κ2) is 7.06. The molecule has 1 fully saturated rings. The van der Waals surface area contributed by atoms with Crippen LogP contribution in [0.2, 0.25) is 0 Å². The summed E-state index contributed by atoms with van der Waals surface area (Å²) < 4.78 is 36.9. The number of aryl methyl sites for hydroxylation is 1. The van der Waals surface area contributed by atoms with E-state index in [2.05, 4.69) is 15.8 Å². The fraction of sp³-hybridized carbons (Fsp3) is 0.375. The lowest BCUT2D eigenvalue weighted by atomic mass is 10.0. The van der Waals surface area contributed by atoms with E-state index in [1.807, 2.05) is 0 Å². The molecule has 24 heavy (non-hydrogen) atoms. The van der Waals surface area contributed by atoms with Crippen LogP contribution in [0.3, 0.4) is 0 Å². The molecule has 0 spiro atoms. The molecule has 0 unspecified atom stereocenters. The minimum atomic E-state index is -0.916. The first-order valence-electron chi connectivity index (χ1n) is 7.56. The number of nitrogens with one attached hydrogen (secondary N) is 2. The van der Waals surface area contributed by atoms with Gasteiger partial charge in [-0.05, 0) is 31.0 Å². The lowest BCUT2D eigenvalue weighted by Gasteiger charge is -2.20. The molecule has 2 atom stereocenters.